The number of hydrogen-bond acceptors (Lipinski definition) is 2. The third kappa shape index (κ3) is 6.75. The average Bonchev–Trinajstić information content (AvgIpc) is 2.35. The molecule has 1 nitrogen and oxygen atoms in total. The predicted molar refractivity (Wildman–Crippen MR) is 78.9 cm³/mol. The Kier molecular flexibility index (Phi) is 8.20. The molecule has 0 bridgehead atoms. The molecule has 0 amide bonds. The number of thioether (sulfide) groups is 1. The largest absolute Gasteiger partial charge is 0.316 e. The van der Waals surface area contributed by atoms with Crippen LogP contribution in [0.15, 0.2) is 29.2 Å². The van der Waals surface area contributed by atoms with E-state index in [2.05, 4.69) is 43.4 Å². The number of nitrogens with one attached hydrogen (secondary N) is 1. The van der Waals surface area contributed by atoms with E-state index in [0.717, 1.165) is 6.54 Å². The molecule has 1 N–H and O–H groups in total. The van der Waals surface area contributed by atoms with E-state index in [9.17, 15) is 0 Å². The molecule has 1 aromatic rings. The van der Waals surface area contributed by atoms with Gasteiger partial charge in [-0.3, -0.25) is 0 Å². The van der Waals surface area contributed by atoms with Crippen molar-refractivity contribution < 1.29 is 0 Å². The number of hydrogen-bond donors (Lipinski definition) is 1. The van der Waals surface area contributed by atoms with Crippen LogP contribution in [-0.2, 0) is 0 Å². The fraction of sp³-hybridized carbons (Fsp3) is 0.600. The summed E-state index contributed by atoms with van der Waals surface area (Å²) < 4.78 is 0. The molecular formula is C15H25NS. The van der Waals surface area contributed by atoms with Crippen LogP contribution in [0.1, 0.15) is 38.2 Å². The molecule has 0 saturated heterocycles. The molecule has 0 spiro atoms. The quantitative estimate of drug-likeness (QED) is 0.520. The van der Waals surface area contributed by atoms with Gasteiger partial charge in [-0.15, -0.1) is 11.8 Å². The fourth-order valence-corrected chi connectivity index (χ4v) is 2.69. The van der Waals surface area contributed by atoms with E-state index in [4.69, 9.17) is 0 Å². The Morgan fingerprint density at radius 1 is 1.06 bits per heavy atom. The number of benzene rings is 1. The molecular weight excluding hydrogens is 226 g/mol. The van der Waals surface area contributed by atoms with Gasteiger partial charge in [0.25, 0.3) is 0 Å². The van der Waals surface area contributed by atoms with Crippen LogP contribution >= 0.6 is 11.8 Å². The summed E-state index contributed by atoms with van der Waals surface area (Å²) in [6.45, 7) is 6.73. The second-order valence-corrected chi connectivity index (χ2v) is 5.56. The zero-order valence-corrected chi connectivity index (χ0v) is 12.0. The molecule has 0 radical (unpaired) electrons. The first-order valence-corrected chi connectivity index (χ1v) is 7.72. The van der Waals surface area contributed by atoms with E-state index < -0.39 is 0 Å². The van der Waals surface area contributed by atoms with Gasteiger partial charge in [-0.1, -0.05) is 44.4 Å². The lowest BCUT2D eigenvalue weighted by atomic mass is 10.2. The topological polar surface area (TPSA) is 12.0 Å². The summed E-state index contributed by atoms with van der Waals surface area (Å²) in [5.74, 6) is 1.17. The van der Waals surface area contributed by atoms with Crippen molar-refractivity contribution in [2.45, 2.75) is 44.4 Å². The van der Waals surface area contributed by atoms with Crippen LogP contribution in [0.4, 0.5) is 0 Å². The highest BCUT2D eigenvalue weighted by Gasteiger charge is 1.96. The monoisotopic (exact) mass is 251 g/mol. The Labute approximate surface area is 110 Å². The second kappa shape index (κ2) is 9.55. The molecule has 0 aromatic heterocycles. The van der Waals surface area contributed by atoms with Crippen molar-refractivity contribution in [1.82, 2.24) is 5.32 Å². The molecule has 0 aliphatic heterocycles. The average molecular weight is 251 g/mol. The first kappa shape index (κ1) is 14.6. The van der Waals surface area contributed by atoms with Crippen molar-refractivity contribution in [3.8, 4) is 0 Å². The first-order valence-electron chi connectivity index (χ1n) is 6.73. The minimum atomic E-state index is 1.12. The number of rotatable bonds is 9. The van der Waals surface area contributed by atoms with E-state index in [1.165, 1.54) is 48.4 Å². The van der Waals surface area contributed by atoms with Crippen molar-refractivity contribution >= 4 is 11.8 Å². The van der Waals surface area contributed by atoms with Gasteiger partial charge >= 0.3 is 0 Å². The lowest BCUT2D eigenvalue weighted by molar-refractivity contribution is 0.613. The van der Waals surface area contributed by atoms with E-state index in [0.29, 0.717) is 0 Å². The van der Waals surface area contributed by atoms with Gasteiger partial charge in [-0.2, -0.15) is 0 Å². The normalized spacial score (nSPS) is 10.7. The molecule has 0 saturated carbocycles. The maximum Gasteiger partial charge on any atom is 0.0106 e. The summed E-state index contributed by atoms with van der Waals surface area (Å²) in [6.07, 6.45) is 5.39. The smallest absolute Gasteiger partial charge is 0.0106 e. The Morgan fingerprint density at radius 3 is 2.65 bits per heavy atom. The van der Waals surface area contributed by atoms with E-state index >= 15 is 0 Å². The van der Waals surface area contributed by atoms with Gasteiger partial charge in [-0.25, -0.2) is 0 Å². The standard InChI is InChI=1S/C15H25NS/c1-3-4-5-8-11-16-12-13-17-15-10-7-6-9-14(15)2/h6-7,9-10,16H,3-5,8,11-13H2,1-2H3. The van der Waals surface area contributed by atoms with Crippen LogP contribution in [0.5, 0.6) is 0 Å². The summed E-state index contributed by atoms with van der Waals surface area (Å²) in [5, 5.41) is 3.51. The SMILES string of the molecule is CCCCCCNCCSc1ccccc1C. The van der Waals surface area contributed by atoms with Gasteiger partial charge in [0, 0.05) is 17.2 Å². The maximum absolute atomic E-state index is 3.51. The van der Waals surface area contributed by atoms with Gasteiger partial charge < -0.3 is 5.32 Å². The summed E-state index contributed by atoms with van der Waals surface area (Å²) in [7, 11) is 0. The van der Waals surface area contributed by atoms with Crippen LogP contribution in [0.25, 0.3) is 0 Å². The number of aryl methyl sites for hydroxylation is 1. The zero-order chi connectivity index (χ0) is 12.3. The molecule has 1 rings (SSSR count). The highest BCUT2D eigenvalue weighted by Crippen LogP contribution is 2.20. The van der Waals surface area contributed by atoms with Crippen molar-refractivity contribution in [3.05, 3.63) is 29.8 Å². The molecule has 96 valence electrons. The lowest BCUT2D eigenvalue weighted by Gasteiger charge is -2.06. The molecule has 0 heterocycles. The zero-order valence-electron chi connectivity index (χ0n) is 11.2. The second-order valence-electron chi connectivity index (χ2n) is 4.42. The third-order valence-corrected chi connectivity index (χ3v) is 4.01. The minimum Gasteiger partial charge on any atom is -0.316 e. The van der Waals surface area contributed by atoms with Crippen molar-refractivity contribution in [3.63, 3.8) is 0 Å². The van der Waals surface area contributed by atoms with Crippen molar-refractivity contribution in [1.29, 1.82) is 0 Å². The first-order chi connectivity index (χ1) is 8.34. The predicted octanol–water partition coefficient (Wildman–Crippen LogP) is 4.26. The van der Waals surface area contributed by atoms with Crippen molar-refractivity contribution in [2.75, 3.05) is 18.8 Å². The van der Waals surface area contributed by atoms with E-state index in [-0.39, 0.29) is 0 Å². The molecule has 0 unspecified atom stereocenters. The molecule has 17 heavy (non-hydrogen) atoms. The van der Waals surface area contributed by atoms with Gasteiger partial charge in [-0.05, 0) is 31.5 Å². The van der Waals surface area contributed by atoms with Crippen LogP contribution in [0, 0.1) is 6.92 Å². The molecule has 0 atom stereocenters. The molecule has 0 fully saturated rings. The van der Waals surface area contributed by atoms with Gasteiger partial charge in [0.2, 0.25) is 0 Å². The van der Waals surface area contributed by atoms with Crippen LogP contribution < -0.4 is 5.32 Å². The molecule has 0 aliphatic carbocycles. The minimum absolute atomic E-state index is 1.12. The highest BCUT2D eigenvalue weighted by atomic mass is 32.2. The third-order valence-electron chi connectivity index (χ3n) is 2.84. The Morgan fingerprint density at radius 2 is 1.88 bits per heavy atom. The Bertz CT molecular complexity index is 299. The van der Waals surface area contributed by atoms with Crippen LogP contribution in [-0.4, -0.2) is 18.8 Å². The van der Waals surface area contributed by atoms with Gasteiger partial charge in [0.1, 0.15) is 0 Å². The summed E-state index contributed by atoms with van der Waals surface area (Å²) >= 11 is 1.95. The van der Waals surface area contributed by atoms with Crippen molar-refractivity contribution in [2.24, 2.45) is 0 Å². The molecule has 2 heteroatoms. The molecule has 1 aromatic carbocycles. The Hall–Kier alpha value is -0.470. The lowest BCUT2D eigenvalue weighted by Crippen LogP contribution is -2.18. The fourth-order valence-electron chi connectivity index (χ4n) is 1.75. The molecule has 0 aliphatic rings. The van der Waals surface area contributed by atoms with E-state index in [1.54, 1.807) is 0 Å². The Balaban J connectivity index is 1.99. The highest BCUT2D eigenvalue weighted by molar-refractivity contribution is 7.99. The van der Waals surface area contributed by atoms with Crippen LogP contribution in [0.2, 0.25) is 0 Å². The summed E-state index contributed by atoms with van der Waals surface area (Å²) in [5.41, 5.74) is 1.39. The number of unbranched alkanes of at least 4 members (excludes halogenated alkanes) is 3. The van der Waals surface area contributed by atoms with Gasteiger partial charge in [0.05, 0.1) is 0 Å². The van der Waals surface area contributed by atoms with Crippen LogP contribution in [0.3, 0.4) is 0 Å². The summed E-state index contributed by atoms with van der Waals surface area (Å²) in [6, 6.07) is 8.61. The summed E-state index contributed by atoms with van der Waals surface area (Å²) in [4.78, 5) is 1.42. The van der Waals surface area contributed by atoms with Gasteiger partial charge in [0.15, 0.2) is 0 Å². The maximum atomic E-state index is 3.51. The van der Waals surface area contributed by atoms with E-state index in [1.807, 2.05) is 11.8 Å².